The van der Waals surface area contributed by atoms with Crippen LogP contribution in [0.1, 0.15) is 24.1 Å². The van der Waals surface area contributed by atoms with E-state index in [1.165, 1.54) is 5.56 Å². The van der Waals surface area contributed by atoms with Gasteiger partial charge in [0.25, 0.3) is 0 Å². The van der Waals surface area contributed by atoms with Gasteiger partial charge in [-0.3, -0.25) is 14.7 Å². The number of hydrogen-bond acceptors (Lipinski definition) is 4. The van der Waals surface area contributed by atoms with Crippen LogP contribution in [0.2, 0.25) is 0 Å². The average Bonchev–Trinajstić information content (AvgIpc) is 2.96. The van der Waals surface area contributed by atoms with E-state index in [0.717, 1.165) is 31.6 Å². The minimum absolute atomic E-state index is 0.0321. The Morgan fingerprint density at radius 1 is 1.32 bits per heavy atom. The minimum atomic E-state index is -0.0875. The van der Waals surface area contributed by atoms with E-state index < -0.39 is 0 Å². The third-order valence-electron chi connectivity index (χ3n) is 3.94. The Bertz CT molecular complexity index is 644. The molecule has 1 N–H and O–H groups in total. The van der Waals surface area contributed by atoms with Crippen molar-refractivity contribution in [1.82, 2.24) is 14.9 Å². The molecule has 1 amide bonds. The lowest BCUT2D eigenvalue weighted by atomic mass is 10.2. The predicted molar refractivity (Wildman–Crippen MR) is 85.3 cm³/mol. The van der Waals surface area contributed by atoms with Crippen molar-refractivity contribution in [2.24, 2.45) is 0 Å². The second kappa shape index (κ2) is 6.66. The first-order valence-electron chi connectivity index (χ1n) is 7.60. The molecule has 1 aliphatic rings. The molecule has 0 unspecified atom stereocenters. The van der Waals surface area contributed by atoms with Crippen LogP contribution >= 0.6 is 0 Å². The van der Waals surface area contributed by atoms with E-state index in [9.17, 15) is 4.79 Å². The first kappa shape index (κ1) is 14.7. The summed E-state index contributed by atoms with van der Waals surface area (Å²) in [6.45, 7) is 3.64. The van der Waals surface area contributed by atoms with Crippen molar-refractivity contribution in [1.29, 1.82) is 0 Å². The fourth-order valence-corrected chi connectivity index (χ4v) is 2.86. The van der Waals surface area contributed by atoms with E-state index in [2.05, 4.69) is 20.2 Å². The highest BCUT2D eigenvalue weighted by Gasteiger charge is 2.30. The maximum Gasteiger partial charge on any atom is 0.242 e. The Morgan fingerprint density at radius 2 is 2.14 bits per heavy atom. The molecule has 2 aromatic rings. The highest BCUT2D eigenvalue weighted by molar-refractivity contribution is 5.94. The summed E-state index contributed by atoms with van der Waals surface area (Å²) in [6.07, 6.45) is 5.52. The summed E-state index contributed by atoms with van der Waals surface area (Å²) in [5, 5.41) is 2.94. The zero-order valence-corrected chi connectivity index (χ0v) is 12.7. The number of pyridine rings is 2. The van der Waals surface area contributed by atoms with Gasteiger partial charge in [-0.25, -0.2) is 4.98 Å². The van der Waals surface area contributed by atoms with Crippen molar-refractivity contribution in [2.75, 3.05) is 11.9 Å². The van der Waals surface area contributed by atoms with Gasteiger partial charge in [-0.1, -0.05) is 6.07 Å². The van der Waals surface area contributed by atoms with Crippen LogP contribution in [0.3, 0.4) is 0 Å². The number of carbonyl (C=O) groups excluding carboxylic acids is 1. The van der Waals surface area contributed by atoms with E-state index in [1.54, 1.807) is 12.4 Å². The summed E-state index contributed by atoms with van der Waals surface area (Å²) in [5.41, 5.74) is 2.08. The lowest BCUT2D eigenvalue weighted by Crippen LogP contribution is -2.39. The van der Waals surface area contributed by atoms with E-state index in [0.29, 0.717) is 5.82 Å². The lowest BCUT2D eigenvalue weighted by Gasteiger charge is -2.23. The molecule has 114 valence electrons. The molecule has 0 aromatic carbocycles. The normalized spacial score (nSPS) is 18.3. The Morgan fingerprint density at radius 3 is 2.91 bits per heavy atom. The van der Waals surface area contributed by atoms with Crippen LogP contribution in [0.15, 0.2) is 42.7 Å². The van der Waals surface area contributed by atoms with Gasteiger partial charge >= 0.3 is 0 Å². The largest absolute Gasteiger partial charge is 0.309 e. The van der Waals surface area contributed by atoms with E-state index in [4.69, 9.17) is 0 Å². The van der Waals surface area contributed by atoms with Crippen molar-refractivity contribution in [3.05, 3.63) is 54.0 Å². The number of carbonyl (C=O) groups is 1. The molecule has 5 heteroatoms. The number of anilines is 1. The van der Waals surface area contributed by atoms with Gasteiger partial charge in [0.1, 0.15) is 5.82 Å². The maximum atomic E-state index is 12.5. The number of amides is 1. The van der Waals surface area contributed by atoms with E-state index in [-0.39, 0.29) is 11.9 Å². The van der Waals surface area contributed by atoms with Crippen LogP contribution in [-0.4, -0.2) is 33.4 Å². The van der Waals surface area contributed by atoms with E-state index >= 15 is 0 Å². The van der Waals surface area contributed by atoms with Gasteiger partial charge in [-0.05, 0) is 56.1 Å². The molecule has 5 nitrogen and oxygen atoms in total. The highest BCUT2D eigenvalue weighted by Crippen LogP contribution is 2.21. The molecule has 22 heavy (non-hydrogen) atoms. The first-order valence-corrected chi connectivity index (χ1v) is 7.60. The van der Waals surface area contributed by atoms with Crippen LogP contribution in [-0.2, 0) is 11.3 Å². The van der Waals surface area contributed by atoms with Gasteiger partial charge in [0.15, 0.2) is 0 Å². The van der Waals surface area contributed by atoms with Crippen LogP contribution in [0.4, 0.5) is 5.82 Å². The number of rotatable bonds is 4. The molecule has 1 atom stereocenters. The van der Waals surface area contributed by atoms with Crippen molar-refractivity contribution in [2.45, 2.75) is 32.4 Å². The van der Waals surface area contributed by atoms with Crippen molar-refractivity contribution in [3.8, 4) is 0 Å². The number of nitrogens with zero attached hydrogens (tertiary/aromatic N) is 3. The van der Waals surface area contributed by atoms with Gasteiger partial charge in [0.2, 0.25) is 5.91 Å². The summed E-state index contributed by atoms with van der Waals surface area (Å²) < 4.78 is 0. The molecule has 3 rings (SSSR count). The highest BCUT2D eigenvalue weighted by atomic mass is 16.2. The van der Waals surface area contributed by atoms with Gasteiger partial charge in [-0.2, -0.15) is 0 Å². The monoisotopic (exact) mass is 296 g/mol. The molecule has 0 aliphatic carbocycles. The van der Waals surface area contributed by atoms with Gasteiger partial charge in [0.05, 0.1) is 6.04 Å². The fourth-order valence-electron chi connectivity index (χ4n) is 2.86. The second-order valence-corrected chi connectivity index (χ2v) is 5.64. The smallest absolute Gasteiger partial charge is 0.242 e. The van der Waals surface area contributed by atoms with Gasteiger partial charge in [0, 0.05) is 24.6 Å². The molecule has 3 heterocycles. The quantitative estimate of drug-likeness (QED) is 0.941. The van der Waals surface area contributed by atoms with Crippen LogP contribution < -0.4 is 5.32 Å². The Kier molecular flexibility index (Phi) is 4.44. The second-order valence-electron chi connectivity index (χ2n) is 5.64. The third-order valence-corrected chi connectivity index (χ3v) is 3.94. The molecule has 0 bridgehead atoms. The first-order chi connectivity index (χ1) is 10.7. The third kappa shape index (κ3) is 3.49. The maximum absolute atomic E-state index is 12.5. The molecular formula is C17H20N4O. The number of hydrogen-bond donors (Lipinski definition) is 1. The lowest BCUT2D eigenvalue weighted by molar-refractivity contribution is -0.120. The number of aromatic nitrogens is 2. The predicted octanol–water partition coefficient (Wildman–Crippen LogP) is 2.39. The summed E-state index contributed by atoms with van der Waals surface area (Å²) in [7, 11) is 0. The summed E-state index contributed by atoms with van der Waals surface area (Å²) in [6, 6.07) is 9.55. The molecule has 1 fully saturated rings. The minimum Gasteiger partial charge on any atom is -0.309 e. The standard InChI is InChI=1S/C17H20N4O/c1-13-4-2-6-16(19-13)20-17(22)15-5-3-11-21(15)12-14-7-9-18-10-8-14/h2,4,6-10,15H,3,5,11-12H2,1H3,(H,19,20,22)/t15-/m0/s1. The Labute approximate surface area is 130 Å². The number of aryl methyl sites for hydroxylation is 1. The van der Waals surface area contributed by atoms with Crippen LogP contribution in [0, 0.1) is 6.92 Å². The van der Waals surface area contributed by atoms with Crippen molar-refractivity contribution in [3.63, 3.8) is 0 Å². The van der Waals surface area contributed by atoms with E-state index in [1.807, 2.05) is 37.3 Å². The summed E-state index contributed by atoms with van der Waals surface area (Å²) >= 11 is 0. The van der Waals surface area contributed by atoms with Crippen molar-refractivity contribution >= 4 is 11.7 Å². The zero-order valence-electron chi connectivity index (χ0n) is 12.7. The molecule has 0 spiro atoms. The summed E-state index contributed by atoms with van der Waals surface area (Å²) in [4.78, 5) is 23.1. The number of likely N-dealkylation sites (tertiary alicyclic amines) is 1. The zero-order chi connectivity index (χ0) is 15.4. The Balaban J connectivity index is 1.66. The van der Waals surface area contributed by atoms with Gasteiger partial charge < -0.3 is 5.32 Å². The topological polar surface area (TPSA) is 58.1 Å². The molecule has 0 radical (unpaired) electrons. The molecule has 2 aromatic heterocycles. The van der Waals surface area contributed by atoms with Crippen LogP contribution in [0.25, 0.3) is 0 Å². The van der Waals surface area contributed by atoms with Crippen molar-refractivity contribution < 1.29 is 4.79 Å². The fraction of sp³-hybridized carbons (Fsp3) is 0.353. The SMILES string of the molecule is Cc1cccc(NC(=O)[C@@H]2CCCN2Cc2ccncc2)n1. The van der Waals surface area contributed by atoms with Gasteiger partial charge in [-0.15, -0.1) is 0 Å². The molecule has 0 saturated carbocycles. The Hall–Kier alpha value is -2.27. The summed E-state index contributed by atoms with van der Waals surface area (Å²) in [5.74, 6) is 0.658. The molecule has 1 saturated heterocycles. The molecular weight excluding hydrogens is 276 g/mol. The molecule has 1 aliphatic heterocycles. The van der Waals surface area contributed by atoms with Crippen LogP contribution in [0.5, 0.6) is 0 Å². The average molecular weight is 296 g/mol. The number of nitrogens with one attached hydrogen (secondary N) is 1.